The third-order valence-electron chi connectivity index (χ3n) is 4.41. The van der Waals surface area contributed by atoms with Gasteiger partial charge in [-0.15, -0.1) is 0 Å². The average molecular weight is 328 g/mol. The standard InChI is InChI=1S/C18H24N4O2/c1-13(22-11-10-15-6-3-4-7-16(15)22)12-19-17(23)8-5-9-18-20-14(2)21-24-18/h3-4,6-7,13H,5,8-12H2,1-2H3,(H,19,23). The largest absolute Gasteiger partial charge is 0.366 e. The molecule has 3 rings (SSSR count). The Bertz CT molecular complexity index is 698. The number of carbonyl (C=O) groups is 1. The topological polar surface area (TPSA) is 71.3 Å². The normalized spacial score (nSPS) is 14.5. The van der Waals surface area contributed by atoms with Crippen LogP contribution >= 0.6 is 0 Å². The highest BCUT2D eigenvalue weighted by Gasteiger charge is 2.22. The fraction of sp³-hybridized carbons (Fsp3) is 0.500. The van der Waals surface area contributed by atoms with Gasteiger partial charge in [-0.2, -0.15) is 4.98 Å². The zero-order valence-electron chi connectivity index (χ0n) is 14.3. The lowest BCUT2D eigenvalue weighted by Gasteiger charge is -2.27. The van der Waals surface area contributed by atoms with Crippen LogP contribution in [0.25, 0.3) is 0 Å². The summed E-state index contributed by atoms with van der Waals surface area (Å²) in [5, 5.41) is 6.78. The summed E-state index contributed by atoms with van der Waals surface area (Å²) >= 11 is 0. The van der Waals surface area contributed by atoms with Gasteiger partial charge in [0.1, 0.15) is 0 Å². The van der Waals surface area contributed by atoms with Crippen molar-refractivity contribution in [3.05, 3.63) is 41.5 Å². The Kier molecular flexibility index (Phi) is 5.13. The summed E-state index contributed by atoms with van der Waals surface area (Å²) < 4.78 is 5.05. The van der Waals surface area contributed by atoms with Gasteiger partial charge in [0.15, 0.2) is 5.82 Å². The second-order valence-corrected chi connectivity index (χ2v) is 6.31. The van der Waals surface area contributed by atoms with Gasteiger partial charge >= 0.3 is 0 Å². The van der Waals surface area contributed by atoms with Gasteiger partial charge in [-0.25, -0.2) is 0 Å². The molecule has 0 radical (unpaired) electrons. The average Bonchev–Trinajstić information content (AvgIpc) is 3.19. The molecule has 24 heavy (non-hydrogen) atoms. The number of carbonyl (C=O) groups excluding carboxylic acids is 1. The Morgan fingerprint density at radius 3 is 3.04 bits per heavy atom. The molecule has 6 heteroatoms. The van der Waals surface area contributed by atoms with Gasteiger partial charge in [0, 0.05) is 37.7 Å². The number of amides is 1. The summed E-state index contributed by atoms with van der Waals surface area (Å²) in [6.45, 7) is 5.63. The van der Waals surface area contributed by atoms with E-state index in [1.807, 2.05) is 0 Å². The molecule has 0 saturated carbocycles. The summed E-state index contributed by atoms with van der Waals surface area (Å²) in [6.07, 6.45) is 2.92. The first-order valence-corrected chi connectivity index (χ1v) is 8.54. The van der Waals surface area contributed by atoms with Gasteiger partial charge in [0.2, 0.25) is 11.8 Å². The van der Waals surface area contributed by atoms with Crippen molar-refractivity contribution >= 4 is 11.6 Å². The molecule has 2 heterocycles. The molecule has 1 aliphatic heterocycles. The molecular weight excluding hydrogens is 304 g/mol. The number of fused-ring (bicyclic) bond motifs is 1. The van der Waals surface area contributed by atoms with Gasteiger partial charge in [0.25, 0.3) is 0 Å². The molecule has 1 aromatic carbocycles. The molecular formula is C18H24N4O2. The molecule has 2 aromatic rings. The Morgan fingerprint density at radius 1 is 1.42 bits per heavy atom. The van der Waals surface area contributed by atoms with Crippen LogP contribution in [-0.4, -0.2) is 35.2 Å². The van der Waals surface area contributed by atoms with Gasteiger partial charge in [0.05, 0.1) is 0 Å². The van der Waals surface area contributed by atoms with Crippen LogP contribution in [-0.2, 0) is 17.6 Å². The van der Waals surface area contributed by atoms with E-state index in [9.17, 15) is 4.79 Å². The fourth-order valence-electron chi connectivity index (χ4n) is 3.12. The summed E-state index contributed by atoms with van der Waals surface area (Å²) in [4.78, 5) is 18.5. The number of rotatable bonds is 7. The molecule has 128 valence electrons. The molecule has 1 N–H and O–H groups in total. The van der Waals surface area contributed by atoms with Crippen LogP contribution in [0, 0.1) is 6.92 Å². The quantitative estimate of drug-likeness (QED) is 0.844. The van der Waals surface area contributed by atoms with Crippen LogP contribution in [0.4, 0.5) is 5.69 Å². The minimum Gasteiger partial charge on any atom is -0.366 e. The van der Waals surface area contributed by atoms with Crippen molar-refractivity contribution in [3.63, 3.8) is 0 Å². The molecule has 0 spiro atoms. The van der Waals surface area contributed by atoms with E-state index in [1.54, 1.807) is 6.92 Å². The monoisotopic (exact) mass is 328 g/mol. The first kappa shape index (κ1) is 16.5. The number of aromatic nitrogens is 2. The summed E-state index contributed by atoms with van der Waals surface area (Å²) in [5.41, 5.74) is 2.69. The summed E-state index contributed by atoms with van der Waals surface area (Å²) in [6, 6.07) is 8.78. The van der Waals surface area contributed by atoms with Crippen molar-refractivity contribution in [3.8, 4) is 0 Å². The van der Waals surface area contributed by atoms with Gasteiger partial charge in [-0.3, -0.25) is 4.79 Å². The molecule has 1 amide bonds. The Morgan fingerprint density at radius 2 is 2.25 bits per heavy atom. The molecule has 0 fully saturated rings. The predicted octanol–water partition coefficient (Wildman–Crippen LogP) is 2.27. The number of anilines is 1. The highest BCUT2D eigenvalue weighted by molar-refractivity contribution is 5.76. The number of para-hydroxylation sites is 1. The van der Waals surface area contributed by atoms with Crippen molar-refractivity contribution in [2.24, 2.45) is 0 Å². The third kappa shape index (κ3) is 3.93. The molecule has 1 unspecified atom stereocenters. The van der Waals surface area contributed by atoms with Crippen LogP contribution in [0.5, 0.6) is 0 Å². The van der Waals surface area contributed by atoms with E-state index >= 15 is 0 Å². The van der Waals surface area contributed by atoms with Crippen LogP contribution in [0.2, 0.25) is 0 Å². The van der Waals surface area contributed by atoms with Crippen LogP contribution in [0.15, 0.2) is 28.8 Å². The van der Waals surface area contributed by atoms with Crippen molar-refractivity contribution in [2.45, 2.75) is 45.6 Å². The van der Waals surface area contributed by atoms with E-state index in [2.05, 4.69) is 51.5 Å². The molecule has 0 bridgehead atoms. The van der Waals surface area contributed by atoms with Crippen molar-refractivity contribution in [1.29, 1.82) is 0 Å². The number of hydrogen-bond donors (Lipinski definition) is 1. The molecule has 1 atom stereocenters. The number of nitrogens with one attached hydrogen (secondary N) is 1. The Labute approximate surface area is 142 Å². The molecule has 1 aromatic heterocycles. The zero-order valence-corrected chi connectivity index (χ0v) is 14.3. The minimum absolute atomic E-state index is 0.0746. The van der Waals surface area contributed by atoms with Gasteiger partial charge in [-0.05, 0) is 38.3 Å². The van der Waals surface area contributed by atoms with Crippen molar-refractivity contribution in [2.75, 3.05) is 18.0 Å². The second-order valence-electron chi connectivity index (χ2n) is 6.31. The van der Waals surface area contributed by atoms with Gasteiger partial charge in [-0.1, -0.05) is 23.4 Å². The number of hydrogen-bond acceptors (Lipinski definition) is 5. The minimum atomic E-state index is 0.0746. The first-order valence-electron chi connectivity index (χ1n) is 8.54. The first-order chi connectivity index (χ1) is 11.6. The van der Waals surface area contributed by atoms with Crippen LogP contribution in [0.3, 0.4) is 0 Å². The van der Waals surface area contributed by atoms with E-state index in [1.165, 1.54) is 11.3 Å². The summed E-state index contributed by atoms with van der Waals surface area (Å²) in [5.74, 6) is 1.31. The number of aryl methyl sites for hydroxylation is 2. The smallest absolute Gasteiger partial charge is 0.226 e. The maximum atomic E-state index is 12.0. The van der Waals surface area contributed by atoms with Crippen molar-refractivity contribution < 1.29 is 9.32 Å². The second kappa shape index (κ2) is 7.47. The number of benzene rings is 1. The molecule has 6 nitrogen and oxygen atoms in total. The number of nitrogens with zero attached hydrogens (tertiary/aromatic N) is 3. The maximum Gasteiger partial charge on any atom is 0.226 e. The lowest BCUT2D eigenvalue weighted by Crippen LogP contribution is -2.41. The van der Waals surface area contributed by atoms with E-state index in [0.29, 0.717) is 37.5 Å². The molecule has 0 aliphatic carbocycles. The van der Waals surface area contributed by atoms with Crippen molar-refractivity contribution in [1.82, 2.24) is 15.5 Å². The van der Waals surface area contributed by atoms with Gasteiger partial charge < -0.3 is 14.7 Å². The fourth-order valence-corrected chi connectivity index (χ4v) is 3.12. The highest BCUT2D eigenvalue weighted by atomic mass is 16.5. The van der Waals surface area contributed by atoms with Crippen LogP contribution in [0.1, 0.15) is 37.0 Å². The lowest BCUT2D eigenvalue weighted by atomic mass is 10.1. The van der Waals surface area contributed by atoms with E-state index in [0.717, 1.165) is 13.0 Å². The zero-order chi connectivity index (χ0) is 16.9. The maximum absolute atomic E-state index is 12.0. The van der Waals surface area contributed by atoms with E-state index in [-0.39, 0.29) is 11.9 Å². The Hall–Kier alpha value is -2.37. The van der Waals surface area contributed by atoms with Crippen LogP contribution < -0.4 is 10.2 Å². The molecule has 0 saturated heterocycles. The van der Waals surface area contributed by atoms with E-state index in [4.69, 9.17) is 4.52 Å². The predicted molar refractivity (Wildman–Crippen MR) is 91.9 cm³/mol. The van der Waals surface area contributed by atoms with E-state index < -0.39 is 0 Å². The summed E-state index contributed by atoms with van der Waals surface area (Å²) in [7, 11) is 0. The highest BCUT2D eigenvalue weighted by Crippen LogP contribution is 2.28. The molecule has 1 aliphatic rings. The Balaban J connectivity index is 1.40. The SMILES string of the molecule is Cc1noc(CCCC(=O)NCC(C)N2CCc3ccccc32)n1. The third-order valence-corrected chi connectivity index (χ3v) is 4.41. The lowest BCUT2D eigenvalue weighted by molar-refractivity contribution is -0.121.